The number of nitrogens with zero attached hydrogens (tertiary/aromatic N) is 1. The molecule has 0 bridgehead atoms. The van der Waals surface area contributed by atoms with E-state index in [2.05, 4.69) is 4.98 Å². The molecular weight excluding hydrogens is 243 g/mol. The third kappa shape index (κ3) is 3.29. The van der Waals surface area contributed by atoms with Gasteiger partial charge in [-0.15, -0.1) is 0 Å². The topological polar surface area (TPSA) is 48.1 Å². The van der Waals surface area contributed by atoms with Crippen molar-refractivity contribution in [2.75, 3.05) is 0 Å². The fourth-order valence-electron chi connectivity index (χ4n) is 1.82. The second kappa shape index (κ2) is 5.80. The summed E-state index contributed by atoms with van der Waals surface area (Å²) in [6.07, 6.45) is 3.47. The Morgan fingerprint density at radius 2 is 2.00 bits per heavy atom. The number of hydrogen-bond donors (Lipinski definition) is 1. The summed E-state index contributed by atoms with van der Waals surface area (Å²) in [4.78, 5) is 4.14. The van der Waals surface area contributed by atoms with Gasteiger partial charge in [-0.25, -0.2) is 4.39 Å². The predicted molar refractivity (Wildman–Crippen MR) is 73.3 cm³/mol. The van der Waals surface area contributed by atoms with Crippen LogP contribution in [-0.2, 0) is 6.54 Å². The Kier molecular flexibility index (Phi) is 4.12. The fraction of sp³-hybridized carbons (Fsp3) is 0.267. The van der Waals surface area contributed by atoms with Crippen LogP contribution in [0.3, 0.4) is 0 Å². The average Bonchev–Trinajstić information content (AvgIpc) is 2.39. The van der Waals surface area contributed by atoms with Crippen molar-refractivity contribution in [3.8, 4) is 16.9 Å². The minimum atomic E-state index is -0.284. The van der Waals surface area contributed by atoms with Crippen LogP contribution < -0.4 is 10.5 Å². The molecule has 4 heteroatoms. The number of pyridine rings is 1. The number of rotatable bonds is 4. The molecule has 0 fully saturated rings. The van der Waals surface area contributed by atoms with Gasteiger partial charge in [-0.2, -0.15) is 0 Å². The number of benzene rings is 1. The molecule has 2 rings (SSSR count). The first-order valence-corrected chi connectivity index (χ1v) is 6.20. The third-order valence-electron chi connectivity index (χ3n) is 2.68. The highest BCUT2D eigenvalue weighted by molar-refractivity contribution is 5.64. The smallest absolute Gasteiger partial charge is 0.138 e. The van der Waals surface area contributed by atoms with E-state index < -0.39 is 0 Å². The molecule has 0 aliphatic rings. The molecule has 0 radical (unpaired) electrons. The largest absolute Gasteiger partial charge is 0.489 e. The Morgan fingerprint density at radius 3 is 2.68 bits per heavy atom. The van der Waals surface area contributed by atoms with Crippen LogP contribution in [-0.4, -0.2) is 11.1 Å². The molecule has 2 aromatic rings. The minimum Gasteiger partial charge on any atom is -0.489 e. The monoisotopic (exact) mass is 260 g/mol. The predicted octanol–water partition coefficient (Wildman–Crippen LogP) is 3.13. The number of hydrogen-bond acceptors (Lipinski definition) is 3. The van der Waals surface area contributed by atoms with Crippen molar-refractivity contribution in [3.63, 3.8) is 0 Å². The second-order valence-electron chi connectivity index (χ2n) is 4.59. The van der Waals surface area contributed by atoms with Crippen LogP contribution in [0.5, 0.6) is 5.75 Å². The van der Waals surface area contributed by atoms with Crippen molar-refractivity contribution < 1.29 is 9.13 Å². The minimum absolute atomic E-state index is 0.0878. The summed E-state index contributed by atoms with van der Waals surface area (Å²) in [6, 6.07) is 6.77. The van der Waals surface area contributed by atoms with E-state index >= 15 is 0 Å². The molecule has 1 aromatic heterocycles. The summed E-state index contributed by atoms with van der Waals surface area (Å²) < 4.78 is 19.0. The van der Waals surface area contributed by atoms with Crippen molar-refractivity contribution in [1.29, 1.82) is 0 Å². The SMILES string of the molecule is CC(C)Oc1cncc(-c2ccc(F)c(CN)c2)c1. The maximum atomic E-state index is 13.4. The fourth-order valence-corrected chi connectivity index (χ4v) is 1.82. The Morgan fingerprint density at radius 1 is 1.21 bits per heavy atom. The van der Waals surface area contributed by atoms with Crippen LogP contribution in [0, 0.1) is 5.82 Å². The number of nitrogens with two attached hydrogens (primary N) is 1. The molecule has 0 saturated heterocycles. The zero-order chi connectivity index (χ0) is 13.8. The lowest BCUT2D eigenvalue weighted by atomic mass is 10.0. The normalized spacial score (nSPS) is 10.8. The van der Waals surface area contributed by atoms with E-state index in [0.29, 0.717) is 11.3 Å². The standard InChI is InChI=1S/C15H17FN2O/c1-10(2)19-14-6-13(8-18-9-14)11-3-4-15(16)12(5-11)7-17/h3-6,8-10H,7,17H2,1-2H3. The Labute approximate surface area is 112 Å². The Bertz CT molecular complexity index is 570. The summed E-state index contributed by atoms with van der Waals surface area (Å²) >= 11 is 0. The van der Waals surface area contributed by atoms with Gasteiger partial charge in [0.05, 0.1) is 12.3 Å². The summed E-state index contributed by atoms with van der Waals surface area (Å²) in [5, 5.41) is 0. The molecule has 3 nitrogen and oxygen atoms in total. The molecule has 0 atom stereocenters. The molecule has 1 aromatic carbocycles. The molecule has 2 N–H and O–H groups in total. The zero-order valence-electron chi connectivity index (χ0n) is 11.1. The van der Waals surface area contributed by atoms with Crippen LogP contribution in [0.25, 0.3) is 11.1 Å². The van der Waals surface area contributed by atoms with E-state index in [-0.39, 0.29) is 18.5 Å². The molecule has 0 amide bonds. The van der Waals surface area contributed by atoms with Gasteiger partial charge in [0.15, 0.2) is 0 Å². The molecule has 1 heterocycles. The van der Waals surface area contributed by atoms with E-state index in [1.54, 1.807) is 24.5 Å². The van der Waals surface area contributed by atoms with Crippen LogP contribution in [0.4, 0.5) is 4.39 Å². The lowest BCUT2D eigenvalue weighted by molar-refractivity contribution is 0.241. The van der Waals surface area contributed by atoms with Gasteiger partial charge in [-0.3, -0.25) is 4.98 Å². The first-order chi connectivity index (χ1) is 9.10. The molecule has 100 valence electrons. The van der Waals surface area contributed by atoms with Gasteiger partial charge >= 0.3 is 0 Å². The van der Waals surface area contributed by atoms with Crippen LogP contribution >= 0.6 is 0 Å². The highest BCUT2D eigenvalue weighted by Crippen LogP contribution is 2.25. The van der Waals surface area contributed by atoms with Crippen LogP contribution in [0.15, 0.2) is 36.7 Å². The molecule has 19 heavy (non-hydrogen) atoms. The first-order valence-electron chi connectivity index (χ1n) is 6.20. The van der Waals surface area contributed by atoms with Crippen LogP contribution in [0.1, 0.15) is 19.4 Å². The van der Waals surface area contributed by atoms with Gasteiger partial charge in [0.1, 0.15) is 11.6 Å². The molecule has 0 aliphatic heterocycles. The van der Waals surface area contributed by atoms with E-state index in [9.17, 15) is 4.39 Å². The summed E-state index contributed by atoms with van der Waals surface area (Å²) in [5.74, 6) is 0.417. The van der Waals surface area contributed by atoms with Crippen molar-refractivity contribution in [1.82, 2.24) is 4.98 Å². The van der Waals surface area contributed by atoms with E-state index in [4.69, 9.17) is 10.5 Å². The zero-order valence-corrected chi connectivity index (χ0v) is 11.1. The second-order valence-corrected chi connectivity index (χ2v) is 4.59. The summed E-state index contributed by atoms with van der Waals surface area (Å²) in [5.41, 5.74) is 7.77. The molecule has 0 unspecified atom stereocenters. The van der Waals surface area contributed by atoms with Gasteiger partial charge in [0, 0.05) is 23.9 Å². The number of aromatic nitrogens is 1. The van der Waals surface area contributed by atoms with Gasteiger partial charge in [0.2, 0.25) is 0 Å². The lowest BCUT2D eigenvalue weighted by Crippen LogP contribution is -2.05. The van der Waals surface area contributed by atoms with E-state index in [0.717, 1.165) is 11.1 Å². The van der Waals surface area contributed by atoms with Gasteiger partial charge in [-0.1, -0.05) is 6.07 Å². The Hall–Kier alpha value is -1.94. The first kappa shape index (κ1) is 13.5. The van der Waals surface area contributed by atoms with Crippen molar-refractivity contribution in [3.05, 3.63) is 48.0 Å². The third-order valence-corrected chi connectivity index (χ3v) is 2.68. The van der Waals surface area contributed by atoms with Crippen molar-refractivity contribution in [2.24, 2.45) is 5.73 Å². The highest BCUT2D eigenvalue weighted by Gasteiger charge is 2.06. The molecule has 0 spiro atoms. The maximum absolute atomic E-state index is 13.4. The van der Waals surface area contributed by atoms with Gasteiger partial charge in [0.25, 0.3) is 0 Å². The molecule has 0 saturated carbocycles. The Balaban J connectivity index is 2.36. The number of ether oxygens (including phenoxy) is 1. The summed E-state index contributed by atoms with van der Waals surface area (Å²) in [6.45, 7) is 4.09. The quantitative estimate of drug-likeness (QED) is 0.918. The van der Waals surface area contributed by atoms with Gasteiger partial charge < -0.3 is 10.5 Å². The van der Waals surface area contributed by atoms with Crippen molar-refractivity contribution >= 4 is 0 Å². The van der Waals surface area contributed by atoms with E-state index in [1.165, 1.54) is 6.07 Å². The molecular formula is C15H17FN2O. The average molecular weight is 260 g/mol. The maximum Gasteiger partial charge on any atom is 0.138 e. The highest BCUT2D eigenvalue weighted by atomic mass is 19.1. The summed E-state index contributed by atoms with van der Waals surface area (Å²) in [7, 11) is 0. The lowest BCUT2D eigenvalue weighted by Gasteiger charge is -2.11. The van der Waals surface area contributed by atoms with Crippen molar-refractivity contribution in [2.45, 2.75) is 26.5 Å². The molecule has 0 aliphatic carbocycles. The van der Waals surface area contributed by atoms with Crippen LogP contribution in [0.2, 0.25) is 0 Å². The van der Waals surface area contributed by atoms with E-state index in [1.807, 2.05) is 19.9 Å². The van der Waals surface area contributed by atoms with Gasteiger partial charge in [-0.05, 0) is 37.6 Å². The number of halogens is 1.